The summed E-state index contributed by atoms with van der Waals surface area (Å²) >= 11 is 6.21. The van der Waals surface area contributed by atoms with Crippen molar-refractivity contribution in [2.45, 2.75) is 13.0 Å². The third-order valence-electron chi connectivity index (χ3n) is 4.59. The van der Waals surface area contributed by atoms with Crippen LogP contribution < -0.4 is 0 Å². The van der Waals surface area contributed by atoms with Crippen LogP contribution in [-0.4, -0.2) is 41.2 Å². The first-order valence-electron chi connectivity index (χ1n) is 8.61. The van der Waals surface area contributed by atoms with Crippen molar-refractivity contribution < 1.29 is 9.59 Å². The first-order chi connectivity index (χ1) is 12.6. The van der Waals surface area contributed by atoms with Crippen LogP contribution in [0.2, 0.25) is 5.02 Å². The van der Waals surface area contributed by atoms with Gasteiger partial charge in [0, 0.05) is 43.2 Å². The molecule has 1 heterocycles. The topological polar surface area (TPSA) is 40.6 Å². The Bertz CT molecular complexity index is 817. The molecule has 2 aromatic carbocycles. The van der Waals surface area contributed by atoms with Gasteiger partial charge in [-0.1, -0.05) is 54.6 Å². The van der Waals surface area contributed by atoms with E-state index >= 15 is 0 Å². The van der Waals surface area contributed by atoms with Crippen LogP contribution in [0.3, 0.4) is 0 Å². The van der Waals surface area contributed by atoms with Crippen LogP contribution >= 0.6 is 11.6 Å². The summed E-state index contributed by atoms with van der Waals surface area (Å²) in [6.07, 6.45) is 2.06. The fourth-order valence-electron chi connectivity index (χ4n) is 3.01. The van der Waals surface area contributed by atoms with Gasteiger partial charge in [0.1, 0.15) is 0 Å². The molecule has 0 aromatic heterocycles. The van der Waals surface area contributed by atoms with Crippen molar-refractivity contribution in [3.8, 4) is 0 Å². The minimum absolute atomic E-state index is 0.0437. The third-order valence-corrected chi connectivity index (χ3v) is 4.96. The van der Waals surface area contributed by atoms with E-state index in [1.165, 1.54) is 0 Å². The molecule has 0 bridgehead atoms. The lowest BCUT2D eigenvalue weighted by Gasteiger charge is -2.23. The average Bonchev–Trinajstić information content (AvgIpc) is 2.85. The normalized spacial score (nSPS) is 14.9. The number of benzene rings is 2. The molecule has 0 atom stereocenters. The predicted molar refractivity (Wildman–Crippen MR) is 104 cm³/mol. The molecule has 0 unspecified atom stereocenters. The Morgan fingerprint density at radius 2 is 1.81 bits per heavy atom. The molecule has 2 aromatic rings. The van der Waals surface area contributed by atoms with Crippen LogP contribution in [0.25, 0.3) is 6.08 Å². The molecule has 0 N–H and O–H groups in total. The van der Waals surface area contributed by atoms with Crippen molar-refractivity contribution >= 4 is 29.5 Å². The highest BCUT2D eigenvalue weighted by molar-refractivity contribution is 6.31. The van der Waals surface area contributed by atoms with E-state index in [1.807, 2.05) is 36.4 Å². The molecule has 0 aliphatic carbocycles. The Hall–Kier alpha value is -2.59. The van der Waals surface area contributed by atoms with Crippen LogP contribution in [0.15, 0.2) is 55.1 Å². The van der Waals surface area contributed by atoms with Crippen molar-refractivity contribution in [3.63, 3.8) is 0 Å². The second-order valence-electron chi connectivity index (χ2n) is 6.28. The first-order valence-corrected chi connectivity index (χ1v) is 8.99. The highest BCUT2D eigenvalue weighted by atomic mass is 35.5. The van der Waals surface area contributed by atoms with Gasteiger partial charge in [-0.2, -0.15) is 0 Å². The van der Waals surface area contributed by atoms with Crippen LogP contribution in [0, 0.1) is 0 Å². The number of nitrogens with zero attached hydrogens (tertiary/aromatic N) is 2. The molecule has 0 radical (unpaired) electrons. The smallest absolute Gasteiger partial charge is 0.253 e. The highest BCUT2D eigenvalue weighted by Gasteiger charge is 2.24. The maximum absolute atomic E-state index is 12.7. The molecule has 4 nitrogen and oxygen atoms in total. The quantitative estimate of drug-likeness (QED) is 0.822. The fourth-order valence-corrected chi connectivity index (χ4v) is 3.21. The van der Waals surface area contributed by atoms with Gasteiger partial charge in [0.15, 0.2) is 0 Å². The van der Waals surface area contributed by atoms with Crippen LogP contribution in [0.1, 0.15) is 27.9 Å². The number of hydrogen-bond donors (Lipinski definition) is 0. The molecule has 1 aliphatic rings. The summed E-state index contributed by atoms with van der Waals surface area (Å²) < 4.78 is 0. The van der Waals surface area contributed by atoms with E-state index in [9.17, 15) is 9.59 Å². The molecule has 1 aliphatic heterocycles. The molecule has 1 fully saturated rings. The maximum Gasteiger partial charge on any atom is 0.253 e. The van der Waals surface area contributed by atoms with Gasteiger partial charge in [0.25, 0.3) is 5.91 Å². The summed E-state index contributed by atoms with van der Waals surface area (Å²) in [5.74, 6) is -0.00442. The Labute approximate surface area is 158 Å². The summed E-state index contributed by atoms with van der Waals surface area (Å²) in [4.78, 5) is 28.7. The number of hydrogen-bond acceptors (Lipinski definition) is 2. The van der Waals surface area contributed by atoms with E-state index in [1.54, 1.807) is 28.0 Å². The molecular formula is C21H21ClN2O2. The van der Waals surface area contributed by atoms with Crippen LogP contribution in [0.4, 0.5) is 0 Å². The van der Waals surface area contributed by atoms with E-state index in [0.717, 1.165) is 11.1 Å². The van der Waals surface area contributed by atoms with Gasteiger partial charge in [-0.15, -0.1) is 0 Å². The maximum atomic E-state index is 12.7. The second-order valence-corrected chi connectivity index (χ2v) is 6.68. The van der Waals surface area contributed by atoms with Gasteiger partial charge in [-0.25, -0.2) is 0 Å². The molecule has 134 valence electrons. The van der Waals surface area contributed by atoms with Gasteiger partial charge in [0.05, 0.1) is 0 Å². The highest BCUT2D eigenvalue weighted by Crippen LogP contribution is 2.19. The number of halogens is 1. The predicted octanol–water partition coefficient (Wildman–Crippen LogP) is 3.86. The van der Waals surface area contributed by atoms with Gasteiger partial charge in [-0.3, -0.25) is 9.59 Å². The second kappa shape index (κ2) is 8.19. The Balaban J connectivity index is 1.68. The molecule has 0 spiro atoms. The van der Waals surface area contributed by atoms with E-state index in [-0.39, 0.29) is 11.8 Å². The van der Waals surface area contributed by atoms with Gasteiger partial charge in [0.2, 0.25) is 5.91 Å². The summed E-state index contributed by atoms with van der Waals surface area (Å²) in [5.41, 5.74) is 2.52. The summed E-state index contributed by atoms with van der Waals surface area (Å²) in [6.45, 7) is 5.63. The third kappa shape index (κ3) is 4.14. The van der Waals surface area contributed by atoms with Crippen molar-refractivity contribution in [1.29, 1.82) is 0 Å². The Morgan fingerprint density at radius 1 is 1.08 bits per heavy atom. The minimum Gasteiger partial charge on any atom is -0.336 e. The summed E-state index contributed by atoms with van der Waals surface area (Å²) in [5, 5.41) is 0.653. The van der Waals surface area contributed by atoms with Gasteiger partial charge >= 0.3 is 0 Å². The standard InChI is InChI=1S/C21H21ClN2O2/c1-2-16-7-9-17(10-8-16)21(26)23-12-11-20(25)24(14-13-23)15-18-5-3-4-6-19(18)22/h2-10H,1,11-15H2. The number of rotatable bonds is 4. The number of amides is 2. The molecule has 0 saturated carbocycles. The molecule has 1 saturated heterocycles. The monoisotopic (exact) mass is 368 g/mol. The summed E-state index contributed by atoms with van der Waals surface area (Å²) in [6, 6.07) is 14.9. The lowest BCUT2D eigenvalue weighted by atomic mass is 10.1. The Kier molecular flexibility index (Phi) is 5.74. The van der Waals surface area contributed by atoms with Crippen molar-refractivity contribution in [2.75, 3.05) is 19.6 Å². The van der Waals surface area contributed by atoms with E-state index in [0.29, 0.717) is 43.2 Å². The zero-order valence-electron chi connectivity index (χ0n) is 14.5. The van der Waals surface area contributed by atoms with Crippen molar-refractivity contribution in [2.24, 2.45) is 0 Å². The van der Waals surface area contributed by atoms with Crippen LogP contribution in [0.5, 0.6) is 0 Å². The van der Waals surface area contributed by atoms with Crippen molar-refractivity contribution in [1.82, 2.24) is 9.80 Å². The average molecular weight is 369 g/mol. The van der Waals surface area contributed by atoms with Crippen LogP contribution in [-0.2, 0) is 11.3 Å². The summed E-state index contributed by atoms with van der Waals surface area (Å²) in [7, 11) is 0. The van der Waals surface area contributed by atoms with Gasteiger partial charge in [-0.05, 0) is 29.3 Å². The minimum atomic E-state index is -0.0481. The number of carbonyl (C=O) groups is 2. The zero-order chi connectivity index (χ0) is 18.5. The molecule has 3 rings (SSSR count). The first kappa shape index (κ1) is 18.2. The molecule has 2 amide bonds. The fraction of sp³-hybridized carbons (Fsp3) is 0.238. The number of carbonyl (C=O) groups excluding carboxylic acids is 2. The SMILES string of the molecule is C=Cc1ccc(C(=O)N2CCC(=O)N(Cc3ccccc3Cl)CC2)cc1. The lowest BCUT2D eigenvalue weighted by molar-refractivity contribution is -0.130. The van der Waals surface area contributed by atoms with Crippen molar-refractivity contribution in [3.05, 3.63) is 76.8 Å². The van der Waals surface area contributed by atoms with Gasteiger partial charge < -0.3 is 9.80 Å². The molecular weight excluding hydrogens is 348 g/mol. The largest absolute Gasteiger partial charge is 0.336 e. The van der Waals surface area contributed by atoms with E-state index < -0.39 is 0 Å². The zero-order valence-corrected chi connectivity index (χ0v) is 15.3. The molecule has 5 heteroatoms. The van der Waals surface area contributed by atoms with E-state index in [4.69, 9.17) is 11.6 Å². The van der Waals surface area contributed by atoms with E-state index in [2.05, 4.69) is 6.58 Å². The lowest BCUT2D eigenvalue weighted by Crippen LogP contribution is -2.35. The molecule has 26 heavy (non-hydrogen) atoms. The Morgan fingerprint density at radius 3 is 2.50 bits per heavy atom.